The molecule has 0 spiro atoms. The first-order chi connectivity index (χ1) is 6.99. The number of halogens is 2. The number of rotatable bonds is 3. The molecule has 82 valence electrons. The summed E-state index contributed by atoms with van der Waals surface area (Å²) in [5.41, 5.74) is 3.88. The van der Waals surface area contributed by atoms with E-state index in [-0.39, 0.29) is 17.8 Å². The fourth-order valence-corrected chi connectivity index (χ4v) is 1.29. The molecule has 15 heavy (non-hydrogen) atoms. The number of hydrogen-bond acceptors (Lipinski definition) is 4. The molecule has 0 aromatic carbocycles. The Balaban J connectivity index is 3.51. The topological polar surface area (TPSA) is 82.0 Å². The summed E-state index contributed by atoms with van der Waals surface area (Å²) < 4.78 is 25.2. The van der Waals surface area contributed by atoms with E-state index in [0.717, 1.165) is 0 Å². The van der Waals surface area contributed by atoms with Gasteiger partial charge in [-0.2, -0.15) is 0 Å². The molecule has 2 N–H and O–H groups in total. The number of nitro groups is 1. The quantitative estimate of drug-likeness (QED) is 0.617. The second-order valence-electron chi connectivity index (χ2n) is 2.91. The van der Waals surface area contributed by atoms with Crippen molar-refractivity contribution in [3.8, 4) is 0 Å². The largest absolute Gasteiger partial charge is 0.325 e. The molecule has 0 aliphatic rings. The smallest absolute Gasteiger partial charge is 0.284 e. The lowest BCUT2D eigenvalue weighted by Crippen LogP contribution is -2.09. The number of nitrogens with two attached hydrogens (primary N) is 1. The van der Waals surface area contributed by atoms with Gasteiger partial charge in [-0.3, -0.25) is 15.1 Å². The Morgan fingerprint density at radius 1 is 1.67 bits per heavy atom. The Labute approximate surface area is 84.1 Å². The van der Waals surface area contributed by atoms with Crippen LogP contribution in [0, 0.1) is 17.0 Å². The van der Waals surface area contributed by atoms with Gasteiger partial charge in [-0.1, -0.05) is 0 Å². The summed E-state index contributed by atoms with van der Waals surface area (Å²) in [5, 5.41) is 10.6. The Hall–Kier alpha value is -1.63. The molecule has 1 heterocycles. The maximum atomic E-state index is 12.6. The standard InChI is InChI=1S/C8H9F2N3O2/c1-4-3-12-5(2-11)6(8(9)10)7(4)13(14)15/h3,8H,2,11H2,1H3. The van der Waals surface area contributed by atoms with E-state index in [9.17, 15) is 18.9 Å². The van der Waals surface area contributed by atoms with Crippen LogP contribution in [-0.2, 0) is 6.54 Å². The number of hydrogen-bond donors (Lipinski definition) is 1. The van der Waals surface area contributed by atoms with Crippen LogP contribution in [0.5, 0.6) is 0 Å². The lowest BCUT2D eigenvalue weighted by Gasteiger charge is -2.08. The molecule has 1 aromatic rings. The molecule has 5 nitrogen and oxygen atoms in total. The van der Waals surface area contributed by atoms with Crippen LogP contribution in [-0.4, -0.2) is 9.91 Å². The van der Waals surface area contributed by atoms with Crippen molar-refractivity contribution in [1.82, 2.24) is 4.98 Å². The Bertz CT molecular complexity index is 396. The van der Waals surface area contributed by atoms with Gasteiger partial charge in [-0.25, -0.2) is 8.78 Å². The average molecular weight is 217 g/mol. The minimum atomic E-state index is -2.95. The first-order valence-corrected chi connectivity index (χ1v) is 4.10. The Morgan fingerprint density at radius 3 is 2.67 bits per heavy atom. The molecule has 0 amide bonds. The van der Waals surface area contributed by atoms with Crippen LogP contribution in [0.3, 0.4) is 0 Å². The van der Waals surface area contributed by atoms with Gasteiger partial charge in [0.2, 0.25) is 0 Å². The van der Waals surface area contributed by atoms with E-state index in [1.165, 1.54) is 13.1 Å². The molecule has 1 aromatic heterocycles. The lowest BCUT2D eigenvalue weighted by atomic mass is 10.1. The van der Waals surface area contributed by atoms with Crippen LogP contribution in [0.25, 0.3) is 0 Å². The van der Waals surface area contributed by atoms with Gasteiger partial charge in [0, 0.05) is 18.3 Å². The molecule has 0 atom stereocenters. The molecule has 0 saturated carbocycles. The van der Waals surface area contributed by atoms with E-state index in [1.807, 2.05) is 0 Å². The number of aryl methyl sites for hydroxylation is 1. The van der Waals surface area contributed by atoms with Crippen molar-refractivity contribution in [1.29, 1.82) is 0 Å². The van der Waals surface area contributed by atoms with E-state index in [4.69, 9.17) is 5.73 Å². The minimum absolute atomic E-state index is 0.104. The molecule has 0 bridgehead atoms. The lowest BCUT2D eigenvalue weighted by molar-refractivity contribution is -0.387. The van der Waals surface area contributed by atoms with E-state index >= 15 is 0 Å². The summed E-state index contributed by atoms with van der Waals surface area (Å²) in [5.74, 6) is 0. The van der Waals surface area contributed by atoms with Crippen LogP contribution < -0.4 is 5.73 Å². The van der Waals surface area contributed by atoms with Crippen LogP contribution in [0.2, 0.25) is 0 Å². The molecular weight excluding hydrogens is 208 g/mol. The van der Waals surface area contributed by atoms with Crippen molar-refractivity contribution in [2.75, 3.05) is 0 Å². The van der Waals surface area contributed by atoms with Gasteiger partial charge in [0.25, 0.3) is 12.1 Å². The molecule has 0 unspecified atom stereocenters. The molecule has 0 fully saturated rings. The summed E-state index contributed by atoms with van der Waals surface area (Å²) in [6, 6.07) is 0. The maximum Gasteiger partial charge on any atom is 0.284 e. The highest BCUT2D eigenvalue weighted by Gasteiger charge is 2.28. The summed E-state index contributed by atoms with van der Waals surface area (Å²) in [4.78, 5) is 13.4. The molecule has 1 rings (SSSR count). The summed E-state index contributed by atoms with van der Waals surface area (Å²) in [6.45, 7) is 1.11. The zero-order valence-corrected chi connectivity index (χ0v) is 7.91. The van der Waals surface area contributed by atoms with Crippen LogP contribution in [0.1, 0.15) is 23.2 Å². The van der Waals surface area contributed by atoms with Gasteiger partial charge in [0.15, 0.2) is 0 Å². The number of alkyl halides is 2. The van der Waals surface area contributed by atoms with Crippen molar-refractivity contribution >= 4 is 5.69 Å². The normalized spacial score (nSPS) is 10.7. The Kier molecular flexibility index (Phi) is 3.25. The highest BCUT2D eigenvalue weighted by atomic mass is 19.3. The van der Waals surface area contributed by atoms with Crippen molar-refractivity contribution < 1.29 is 13.7 Å². The maximum absolute atomic E-state index is 12.6. The van der Waals surface area contributed by atoms with Crippen molar-refractivity contribution in [3.63, 3.8) is 0 Å². The number of pyridine rings is 1. The predicted octanol–water partition coefficient (Wildman–Crippen LogP) is 1.69. The van der Waals surface area contributed by atoms with E-state index < -0.39 is 22.6 Å². The van der Waals surface area contributed by atoms with E-state index in [0.29, 0.717) is 0 Å². The third-order valence-electron chi connectivity index (χ3n) is 1.95. The molecule has 0 aliphatic heterocycles. The van der Waals surface area contributed by atoms with Crippen LogP contribution in [0.4, 0.5) is 14.5 Å². The second-order valence-corrected chi connectivity index (χ2v) is 2.91. The third kappa shape index (κ3) is 2.07. The highest BCUT2D eigenvalue weighted by molar-refractivity contribution is 5.48. The Morgan fingerprint density at radius 2 is 2.27 bits per heavy atom. The average Bonchev–Trinajstić information content (AvgIpc) is 2.16. The summed E-state index contributed by atoms with van der Waals surface area (Å²) in [7, 11) is 0. The first kappa shape index (κ1) is 11.4. The van der Waals surface area contributed by atoms with E-state index in [1.54, 1.807) is 0 Å². The fourth-order valence-electron chi connectivity index (χ4n) is 1.29. The summed E-state index contributed by atoms with van der Waals surface area (Å²) >= 11 is 0. The van der Waals surface area contributed by atoms with Gasteiger partial charge < -0.3 is 5.73 Å². The number of aromatic nitrogens is 1. The minimum Gasteiger partial charge on any atom is -0.325 e. The molecular formula is C8H9F2N3O2. The SMILES string of the molecule is Cc1cnc(CN)c(C(F)F)c1[N+](=O)[O-]. The fraction of sp³-hybridized carbons (Fsp3) is 0.375. The summed E-state index contributed by atoms with van der Waals surface area (Å²) in [6.07, 6.45) is -1.78. The van der Waals surface area contributed by atoms with Crippen LogP contribution in [0.15, 0.2) is 6.20 Å². The zero-order valence-electron chi connectivity index (χ0n) is 7.91. The highest BCUT2D eigenvalue weighted by Crippen LogP contribution is 2.33. The molecule has 0 radical (unpaired) electrons. The van der Waals surface area contributed by atoms with Gasteiger partial charge in [-0.05, 0) is 6.92 Å². The predicted molar refractivity (Wildman–Crippen MR) is 48.5 cm³/mol. The first-order valence-electron chi connectivity index (χ1n) is 4.10. The zero-order chi connectivity index (χ0) is 11.6. The van der Waals surface area contributed by atoms with Crippen molar-refractivity contribution in [2.24, 2.45) is 5.73 Å². The van der Waals surface area contributed by atoms with Crippen molar-refractivity contribution in [2.45, 2.75) is 19.9 Å². The van der Waals surface area contributed by atoms with Gasteiger partial charge in [0.1, 0.15) is 5.56 Å². The third-order valence-corrected chi connectivity index (χ3v) is 1.95. The van der Waals surface area contributed by atoms with Crippen LogP contribution >= 0.6 is 0 Å². The second kappa shape index (κ2) is 4.26. The molecule has 0 saturated heterocycles. The number of nitrogens with zero attached hydrogens (tertiary/aromatic N) is 2. The van der Waals surface area contributed by atoms with Crippen molar-refractivity contribution in [3.05, 3.63) is 33.1 Å². The van der Waals surface area contributed by atoms with Gasteiger partial charge >= 0.3 is 0 Å². The van der Waals surface area contributed by atoms with Gasteiger partial charge in [0.05, 0.1) is 10.6 Å². The van der Waals surface area contributed by atoms with Gasteiger partial charge in [-0.15, -0.1) is 0 Å². The molecule has 0 aliphatic carbocycles. The molecule has 7 heteroatoms. The monoisotopic (exact) mass is 217 g/mol. The van der Waals surface area contributed by atoms with E-state index in [2.05, 4.69) is 4.98 Å².